The minimum absolute atomic E-state index is 0.0411. The maximum atomic E-state index is 12.9. The first-order valence-corrected chi connectivity index (χ1v) is 10.6. The van der Waals surface area contributed by atoms with E-state index in [0.29, 0.717) is 16.7 Å². The molecule has 0 radical (unpaired) electrons. The number of hydrogen-bond donors (Lipinski definition) is 2. The van der Waals surface area contributed by atoms with E-state index in [4.69, 9.17) is 0 Å². The predicted octanol–water partition coefficient (Wildman–Crippen LogP) is 3.83. The topological polar surface area (TPSA) is 102 Å². The van der Waals surface area contributed by atoms with Gasteiger partial charge in [0.2, 0.25) is 5.91 Å². The molecule has 2 N–H and O–H groups in total. The van der Waals surface area contributed by atoms with E-state index in [1.54, 1.807) is 17.8 Å². The fraction of sp³-hybridized carbons (Fsp3) is 0.409. The van der Waals surface area contributed by atoms with Crippen LogP contribution >= 0.6 is 0 Å². The number of carbonyl (C=O) groups is 2. The van der Waals surface area contributed by atoms with E-state index in [1.807, 2.05) is 0 Å². The molecule has 3 aromatic rings. The van der Waals surface area contributed by atoms with E-state index in [-0.39, 0.29) is 29.6 Å². The second-order valence-corrected chi connectivity index (χ2v) is 8.13. The van der Waals surface area contributed by atoms with Gasteiger partial charge in [-0.05, 0) is 30.5 Å². The van der Waals surface area contributed by atoms with E-state index < -0.39 is 17.8 Å². The Bertz CT molecular complexity index is 1180. The molecule has 1 aliphatic carbocycles. The van der Waals surface area contributed by atoms with Crippen molar-refractivity contribution < 1.29 is 22.8 Å². The second-order valence-electron chi connectivity index (χ2n) is 8.13. The van der Waals surface area contributed by atoms with Gasteiger partial charge >= 0.3 is 6.18 Å². The number of fused-ring (bicyclic) bond motifs is 1. The Balaban J connectivity index is 1.52. The summed E-state index contributed by atoms with van der Waals surface area (Å²) >= 11 is 0. The molecule has 3 heterocycles. The van der Waals surface area contributed by atoms with Crippen LogP contribution in [-0.4, -0.2) is 31.3 Å². The van der Waals surface area contributed by atoms with Crippen molar-refractivity contribution in [2.24, 2.45) is 13.0 Å². The van der Waals surface area contributed by atoms with Gasteiger partial charge in [0.1, 0.15) is 23.1 Å². The van der Waals surface area contributed by atoms with Crippen molar-refractivity contribution in [1.29, 1.82) is 0 Å². The monoisotopic (exact) mass is 460 g/mol. The number of halogens is 3. The SMILES string of the molecule is Cn1cc(NC(=O)C2CCCCC2)c2ncnc(C(=O)NCc3ccnc(C(F)(F)F)c3)c21. The van der Waals surface area contributed by atoms with Gasteiger partial charge in [-0.25, -0.2) is 9.97 Å². The summed E-state index contributed by atoms with van der Waals surface area (Å²) in [5.41, 5.74) is 0.613. The first-order chi connectivity index (χ1) is 15.7. The lowest BCUT2D eigenvalue weighted by Gasteiger charge is -2.20. The van der Waals surface area contributed by atoms with Crippen molar-refractivity contribution in [2.75, 3.05) is 5.32 Å². The van der Waals surface area contributed by atoms with Crippen LogP contribution in [0.5, 0.6) is 0 Å². The highest BCUT2D eigenvalue weighted by molar-refractivity contribution is 6.08. The van der Waals surface area contributed by atoms with Gasteiger partial charge in [0.05, 0.1) is 5.69 Å². The molecule has 4 rings (SSSR count). The van der Waals surface area contributed by atoms with Crippen molar-refractivity contribution in [3.8, 4) is 0 Å². The van der Waals surface area contributed by atoms with Crippen LogP contribution in [-0.2, 0) is 24.6 Å². The molecule has 2 amide bonds. The summed E-state index contributed by atoms with van der Waals surface area (Å²) in [5.74, 6) is -0.676. The summed E-state index contributed by atoms with van der Waals surface area (Å²) in [4.78, 5) is 37.1. The number of hydrogen-bond acceptors (Lipinski definition) is 5. The Kier molecular flexibility index (Phi) is 6.30. The minimum atomic E-state index is -4.57. The maximum absolute atomic E-state index is 12.9. The standard InChI is InChI=1S/C22H23F3N6O2/c1-31-11-15(30-20(32)14-5-3-2-4-6-14)17-19(31)18(29-12-28-17)21(33)27-10-13-7-8-26-16(9-13)22(23,24)25/h7-9,11-12,14H,2-6,10H2,1H3,(H,27,33)(H,30,32). The number of carbonyl (C=O) groups excluding carboxylic acids is 2. The first kappa shape index (κ1) is 22.7. The molecule has 1 aliphatic rings. The highest BCUT2D eigenvalue weighted by Gasteiger charge is 2.32. The number of amides is 2. The van der Waals surface area contributed by atoms with Gasteiger partial charge in [0.15, 0.2) is 5.69 Å². The fourth-order valence-electron chi connectivity index (χ4n) is 4.09. The molecule has 1 saturated carbocycles. The molecule has 33 heavy (non-hydrogen) atoms. The van der Waals surface area contributed by atoms with Crippen LogP contribution < -0.4 is 10.6 Å². The fourth-order valence-corrected chi connectivity index (χ4v) is 4.09. The highest BCUT2D eigenvalue weighted by atomic mass is 19.4. The largest absolute Gasteiger partial charge is 0.433 e. The van der Waals surface area contributed by atoms with Gasteiger partial charge in [-0.15, -0.1) is 0 Å². The van der Waals surface area contributed by atoms with Crippen LogP contribution in [0.25, 0.3) is 11.0 Å². The molecule has 3 aromatic heterocycles. The molecular formula is C22H23F3N6O2. The summed E-state index contributed by atoms with van der Waals surface area (Å²) in [7, 11) is 1.71. The van der Waals surface area contributed by atoms with Crippen molar-refractivity contribution >= 4 is 28.5 Å². The third kappa shape index (κ3) is 4.96. The number of anilines is 1. The van der Waals surface area contributed by atoms with Crippen LogP contribution in [0.3, 0.4) is 0 Å². The molecule has 8 nitrogen and oxygen atoms in total. The smallest absolute Gasteiger partial charge is 0.347 e. The molecule has 11 heteroatoms. The predicted molar refractivity (Wildman–Crippen MR) is 114 cm³/mol. The number of alkyl halides is 3. The van der Waals surface area contributed by atoms with Crippen LogP contribution in [0.15, 0.2) is 30.9 Å². The lowest BCUT2D eigenvalue weighted by Crippen LogP contribution is -2.25. The third-order valence-corrected chi connectivity index (χ3v) is 5.77. The lowest BCUT2D eigenvalue weighted by atomic mass is 9.88. The van der Waals surface area contributed by atoms with E-state index in [9.17, 15) is 22.8 Å². The van der Waals surface area contributed by atoms with E-state index >= 15 is 0 Å². The van der Waals surface area contributed by atoms with E-state index in [0.717, 1.165) is 44.4 Å². The number of rotatable bonds is 5. The van der Waals surface area contributed by atoms with Gasteiger partial charge in [-0.2, -0.15) is 13.2 Å². The molecular weight excluding hydrogens is 437 g/mol. The summed E-state index contributed by atoms with van der Waals surface area (Å²) < 4.78 is 40.2. The van der Waals surface area contributed by atoms with Crippen molar-refractivity contribution in [3.05, 3.63) is 47.8 Å². The zero-order valence-corrected chi connectivity index (χ0v) is 17.9. The molecule has 1 fully saturated rings. The molecule has 0 spiro atoms. The molecule has 0 aromatic carbocycles. The van der Waals surface area contributed by atoms with E-state index in [1.165, 1.54) is 12.4 Å². The number of aryl methyl sites for hydroxylation is 1. The van der Waals surface area contributed by atoms with Gasteiger partial charge in [-0.3, -0.25) is 14.6 Å². The number of aromatic nitrogens is 4. The molecule has 0 unspecified atom stereocenters. The normalized spacial score (nSPS) is 14.9. The lowest BCUT2D eigenvalue weighted by molar-refractivity contribution is -0.141. The molecule has 0 aliphatic heterocycles. The Morgan fingerprint density at radius 3 is 2.64 bits per heavy atom. The first-order valence-electron chi connectivity index (χ1n) is 10.6. The summed E-state index contributed by atoms with van der Waals surface area (Å²) in [6, 6.07) is 2.28. The summed E-state index contributed by atoms with van der Waals surface area (Å²) in [6.07, 6.45) is 4.28. The van der Waals surface area contributed by atoms with Gasteiger partial charge in [0, 0.05) is 31.9 Å². The van der Waals surface area contributed by atoms with Crippen molar-refractivity contribution in [1.82, 2.24) is 24.8 Å². The van der Waals surface area contributed by atoms with Crippen LogP contribution in [0.4, 0.5) is 18.9 Å². The molecule has 0 saturated heterocycles. The average molecular weight is 460 g/mol. The maximum Gasteiger partial charge on any atom is 0.433 e. The summed E-state index contributed by atoms with van der Waals surface area (Å²) in [5, 5.41) is 5.51. The minimum Gasteiger partial charge on any atom is -0.347 e. The van der Waals surface area contributed by atoms with Crippen molar-refractivity contribution in [3.63, 3.8) is 0 Å². The summed E-state index contributed by atoms with van der Waals surface area (Å²) in [6.45, 7) is -0.133. The third-order valence-electron chi connectivity index (χ3n) is 5.77. The number of nitrogens with zero attached hydrogens (tertiary/aromatic N) is 4. The molecule has 174 valence electrons. The van der Waals surface area contributed by atoms with Crippen molar-refractivity contribution in [2.45, 2.75) is 44.8 Å². The Morgan fingerprint density at radius 1 is 1.15 bits per heavy atom. The number of pyridine rings is 1. The second kappa shape index (κ2) is 9.16. The van der Waals surface area contributed by atoms with E-state index in [2.05, 4.69) is 25.6 Å². The highest BCUT2D eigenvalue weighted by Crippen LogP contribution is 2.29. The van der Waals surface area contributed by atoms with Gasteiger partial charge in [0.25, 0.3) is 5.91 Å². The van der Waals surface area contributed by atoms with Gasteiger partial charge in [-0.1, -0.05) is 19.3 Å². The zero-order chi connectivity index (χ0) is 23.6. The Morgan fingerprint density at radius 2 is 1.91 bits per heavy atom. The van der Waals surface area contributed by atoms with Crippen LogP contribution in [0.2, 0.25) is 0 Å². The average Bonchev–Trinajstić information content (AvgIpc) is 3.13. The van der Waals surface area contributed by atoms with Crippen LogP contribution in [0.1, 0.15) is 53.8 Å². The zero-order valence-electron chi connectivity index (χ0n) is 17.9. The molecule has 0 atom stereocenters. The Hall–Kier alpha value is -3.50. The van der Waals surface area contributed by atoms with Gasteiger partial charge < -0.3 is 15.2 Å². The van der Waals surface area contributed by atoms with Crippen LogP contribution in [0, 0.1) is 5.92 Å². The Labute approximate surface area is 187 Å². The molecule has 0 bridgehead atoms. The number of nitrogens with one attached hydrogen (secondary N) is 2. The quantitative estimate of drug-likeness (QED) is 0.603.